The fourth-order valence-corrected chi connectivity index (χ4v) is 6.10. The fourth-order valence-electron chi connectivity index (χ4n) is 4.74. The molecule has 4 amide bonds. The first kappa shape index (κ1) is 32.1. The number of nitrogens with zero attached hydrogens (tertiary/aromatic N) is 1. The van der Waals surface area contributed by atoms with E-state index >= 15 is 0 Å². The Morgan fingerprint density at radius 2 is 1.83 bits per heavy atom. The molecule has 14 heteroatoms. The van der Waals surface area contributed by atoms with Crippen molar-refractivity contribution in [2.45, 2.75) is 94.2 Å². The number of methoxy groups -OCH3 is 1. The second-order valence-electron chi connectivity index (χ2n) is 11.6. The number of amides is 4. The monoisotopic (exact) mass is 596 g/mol. The van der Waals surface area contributed by atoms with Crippen molar-refractivity contribution in [1.82, 2.24) is 20.3 Å². The lowest BCUT2D eigenvalue weighted by Gasteiger charge is -2.30. The van der Waals surface area contributed by atoms with Gasteiger partial charge < -0.3 is 25.0 Å². The van der Waals surface area contributed by atoms with Crippen LogP contribution in [-0.2, 0) is 38.7 Å². The third-order valence-corrected chi connectivity index (χ3v) is 8.97. The van der Waals surface area contributed by atoms with Crippen molar-refractivity contribution in [3.8, 4) is 0 Å². The van der Waals surface area contributed by atoms with Crippen LogP contribution in [0.25, 0.3) is 0 Å². The number of rotatable bonds is 12. The number of carbonyl (C=O) groups excluding carboxylic acids is 5. The van der Waals surface area contributed by atoms with Gasteiger partial charge in [0, 0.05) is 18.5 Å². The summed E-state index contributed by atoms with van der Waals surface area (Å²) in [6.45, 7) is 8.97. The van der Waals surface area contributed by atoms with Crippen LogP contribution in [0.5, 0.6) is 0 Å². The summed E-state index contributed by atoms with van der Waals surface area (Å²) in [5, 5.41) is 4.66. The van der Waals surface area contributed by atoms with Gasteiger partial charge in [-0.15, -0.1) is 6.58 Å². The lowest BCUT2D eigenvalue weighted by molar-refractivity contribution is -0.141. The minimum absolute atomic E-state index is 0.111. The van der Waals surface area contributed by atoms with Crippen molar-refractivity contribution in [1.29, 1.82) is 0 Å². The third-order valence-electron chi connectivity index (χ3n) is 7.15. The molecular weight excluding hydrogens is 556 g/mol. The SMILES string of the molecule is C=C[C@@H]1C[C@]1(NC(=O)[C@@H]1CCCN1C(=O)[C@H](CCC=CC(=O)OC)NC(=O)OC(C)(C)C)C(=O)NS(=O)(=O)C1CC1. The van der Waals surface area contributed by atoms with E-state index in [1.54, 1.807) is 20.8 Å². The summed E-state index contributed by atoms with van der Waals surface area (Å²) in [5.41, 5.74) is -2.28. The van der Waals surface area contributed by atoms with Crippen molar-refractivity contribution < 1.29 is 41.9 Å². The van der Waals surface area contributed by atoms with Crippen LogP contribution < -0.4 is 15.4 Å². The Labute approximate surface area is 240 Å². The minimum atomic E-state index is -3.83. The van der Waals surface area contributed by atoms with E-state index in [1.807, 2.05) is 0 Å². The highest BCUT2D eigenvalue weighted by Crippen LogP contribution is 2.45. The van der Waals surface area contributed by atoms with Gasteiger partial charge in [-0.25, -0.2) is 18.0 Å². The molecule has 1 saturated heterocycles. The van der Waals surface area contributed by atoms with Gasteiger partial charge in [0.05, 0.1) is 12.4 Å². The number of nitrogens with one attached hydrogen (secondary N) is 3. The van der Waals surface area contributed by atoms with Gasteiger partial charge in [0.25, 0.3) is 5.91 Å². The number of allylic oxidation sites excluding steroid dienone is 1. The maximum atomic E-state index is 13.6. The van der Waals surface area contributed by atoms with Crippen molar-refractivity contribution >= 4 is 39.8 Å². The van der Waals surface area contributed by atoms with Crippen LogP contribution in [0.2, 0.25) is 0 Å². The molecule has 1 aliphatic heterocycles. The molecule has 0 spiro atoms. The van der Waals surface area contributed by atoms with Gasteiger partial charge in [-0.1, -0.05) is 12.2 Å². The van der Waals surface area contributed by atoms with Gasteiger partial charge in [-0.05, 0) is 65.7 Å². The summed E-state index contributed by atoms with van der Waals surface area (Å²) in [6.07, 6.45) is 5.71. The Kier molecular flexibility index (Phi) is 9.88. The Bertz CT molecular complexity index is 1210. The number of sulfonamides is 1. The average Bonchev–Trinajstić information content (AvgIpc) is 3.80. The second-order valence-corrected chi connectivity index (χ2v) is 13.5. The normalized spacial score (nSPS) is 24.7. The third kappa shape index (κ3) is 8.30. The maximum Gasteiger partial charge on any atom is 0.408 e. The predicted octanol–water partition coefficient (Wildman–Crippen LogP) is 1.05. The zero-order chi connectivity index (χ0) is 30.6. The van der Waals surface area contributed by atoms with E-state index in [0.717, 1.165) is 0 Å². The van der Waals surface area contributed by atoms with E-state index in [0.29, 0.717) is 25.7 Å². The summed E-state index contributed by atoms with van der Waals surface area (Å²) in [5.74, 6) is -2.97. The molecule has 0 aromatic carbocycles. The van der Waals surface area contributed by atoms with E-state index in [1.165, 1.54) is 30.2 Å². The molecule has 3 fully saturated rings. The number of carbonyl (C=O) groups is 5. The highest BCUT2D eigenvalue weighted by Gasteiger charge is 2.61. The molecule has 41 heavy (non-hydrogen) atoms. The molecule has 0 aromatic rings. The van der Waals surface area contributed by atoms with Crippen LogP contribution in [0.3, 0.4) is 0 Å². The molecule has 0 aromatic heterocycles. The molecule has 228 valence electrons. The smallest absolute Gasteiger partial charge is 0.408 e. The summed E-state index contributed by atoms with van der Waals surface area (Å²) in [7, 11) is -2.59. The molecular formula is C27H40N4O9S. The van der Waals surface area contributed by atoms with Crippen LogP contribution >= 0.6 is 0 Å². The first-order valence-electron chi connectivity index (χ1n) is 13.7. The van der Waals surface area contributed by atoms with E-state index in [9.17, 15) is 32.4 Å². The number of likely N-dealkylation sites (tertiary alicyclic amines) is 1. The molecule has 3 N–H and O–H groups in total. The maximum absolute atomic E-state index is 13.6. The topological polar surface area (TPSA) is 177 Å². The zero-order valence-electron chi connectivity index (χ0n) is 23.9. The van der Waals surface area contributed by atoms with Crippen molar-refractivity contribution in [3.05, 3.63) is 24.8 Å². The number of ether oxygens (including phenoxy) is 2. The van der Waals surface area contributed by atoms with Gasteiger partial charge in [0.1, 0.15) is 23.2 Å². The summed E-state index contributed by atoms with van der Waals surface area (Å²) in [6, 6.07) is -2.00. The van der Waals surface area contributed by atoms with Crippen LogP contribution in [0.15, 0.2) is 24.8 Å². The molecule has 4 atom stereocenters. The van der Waals surface area contributed by atoms with E-state index in [-0.39, 0.29) is 25.8 Å². The van der Waals surface area contributed by atoms with Gasteiger partial charge in [0.2, 0.25) is 21.8 Å². The van der Waals surface area contributed by atoms with Crippen molar-refractivity contribution in [2.75, 3.05) is 13.7 Å². The van der Waals surface area contributed by atoms with Gasteiger partial charge in [-0.3, -0.25) is 19.1 Å². The molecule has 3 rings (SSSR count). The molecule has 3 aliphatic rings. The molecule has 0 unspecified atom stereocenters. The lowest BCUT2D eigenvalue weighted by Crippen LogP contribution is -2.58. The Hall–Kier alpha value is -3.42. The highest BCUT2D eigenvalue weighted by molar-refractivity contribution is 7.91. The van der Waals surface area contributed by atoms with Crippen LogP contribution in [0.1, 0.15) is 65.7 Å². The highest BCUT2D eigenvalue weighted by atomic mass is 32.2. The summed E-state index contributed by atoms with van der Waals surface area (Å²) >= 11 is 0. The summed E-state index contributed by atoms with van der Waals surface area (Å²) in [4.78, 5) is 65.4. The van der Waals surface area contributed by atoms with E-state index in [4.69, 9.17) is 4.74 Å². The number of alkyl carbamates (subject to hydrolysis) is 1. The Balaban J connectivity index is 1.73. The van der Waals surface area contributed by atoms with Crippen LogP contribution in [0, 0.1) is 5.92 Å². The molecule has 13 nitrogen and oxygen atoms in total. The van der Waals surface area contributed by atoms with Gasteiger partial charge >= 0.3 is 12.1 Å². The summed E-state index contributed by atoms with van der Waals surface area (Å²) < 4.78 is 36.7. The number of hydrogen-bond donors (Lipinski definition) is 3. The molecule has 2 saturated carbocycles. The number of hydrogen-bond acceptors (Lipinski definition) is 9. The van der Waals surface area contributed by atoms with Crippen molar-refractivity contribution in [3.63, 3.8) is 0 Å². The van der Waals surface area contributed by atoms with Crippen LogP contribution in [0.4, 0.5) is 4.79 Å². The number of esters is 1. The molecule has 2 aliphatic carbocycles. The predicted molar refractivity (Wildman–Crippen MR) is 148 cm³/mol. The molecule has 1 heterocycles. The molecule has 0 bridgehead atoms. The zero-order valence-corrected chi connectivity index (χ0v) is 24.8. The Morgan fingerprint density at radius 3 is 2.39 bits per heavy atom. The molecule has 0 radical (unpaired) electrons. The first-order valence-corrected chi connectivity index (χ1v) is 15.2. The first-order chi connectivity index (χ1) is 19.1. The largest absolute Gasteiger partial charge is 0.466 e. The average molecular weight is 597 g/mol. The Morgan fingerprint density at radius 1 is 1.15 bits per heavy atom. The second kappa shape index (κ2) is 12.6. The minimum Gasteiger partial charge on any atom is -0.466 e. The van der Waals surface area contributed by atoms with Gasteiger partial charge in [0.15, 0.2) is 0 Å². The van der Waals surface area contributed by atoms with E-state index in [2.05, 4.69) is 26.7 Å². The standard InChI is InChI=1S/C27H40N4O9S/c1-6-17-16-27(17,24(35)30-41(37,38)18-13-14-18)29-22(33)20-11-9-15-31(20)23(34)19(10-7-8-12-21(32)39-5)28-25(36)40-26(2,3)4/h6,8,12,17-20H,1,7,9-11,13-16H2,2-5H3,(H,28,36)(H,29,33)(H,30,35)/t17-,19+,20+,27-/m1/s1. The van der Waals surface area contributed by atoms with Crippen LogP contribution in [-0.4, -0.2) is 85.2 Å². The quantitative estimate of drug-likeness (QED) is 0.169. The van der Waals surface area contributed by atoms with Gasteiger partial charge in [-0.2, -0.15) is 0 Å². The van der Waals surface area contributed by atoms with Crippen molar-refractivity contribution in [2.24, 2.45) is 5.92 Å². The fraction of sp³-hybridized carbons (Fsp3) is 0.667. The van der Waals surface area contributed by atoms with E-state index < -0.39 is 74.2 Å². The lowest BCUT2D eigenvalue weighted by atomic mass is 10.1.